The number of benzene rings is 1. The van der Waals surface area contributed by atoms with Crippen molar-refractivity contribution in [2.24, 2.45) is 0 Å². The first kappa shape index (κ1) is 8.42. The number of nitrogens with zero attached hydrogens (tertiary/aromatic N) is 3. The summed E-state index contributed by atoms with van der Waals surface area (Å²) in [5.74, 6) is 0. The van der Waals surface area contributed by atoms with E-state index in [1.54, 1.807) is 6.07 Å². The molecular weight excluding hydrogens is 206 g/mol. The number of fused-ring (bicyclic) bond motifs is 1. The Morgan fingerprint density at radius 3 is 2.85 bits per heavy atom. The van der Waals surface area contributed by atoms with E-state index in [9.17, 15) is 0 Å². The summed E-state index contributed by atoms with van der Waals surface area (Å²) < 4.78 is 8.07. The maximum absolute atomic E-state index is 6.99. The van der Waals surface area contributed by atoms with Crippen molar-refractivity contribution in [1.82, 2.24) is 8.75 Å². The van der Waals surface area contributed by atoms with Gasteiger partial charge in [-0.15, -0.1) is 0 Å². The van der Waals surface area contributed by atoms with Crippen molar-refractivity contribution in [3.63, 3.8) is 0 Å². The van der Waals surface area contributed by atoms with Crippen molar-refractivity contribution < 1.29 is 0 Å². The summed E-state index contributed by atoms with van der Waals surface area (Å²) in [5.41, 5.74) is 2.64. The smallest absolute Gasteiger partial charge is 0.218 e. The van der Waals surface area contributed by atoms with Gasteiger partial charge in [-0.1, -0.05) is 11.6 Å². The van der Waals surface area contributed by atoms with Gasteiger partial charge in [0, 0.05) is 0 Å². The van der Waals surface area contributed by atoms with Crippen LogP contribution in [0.2, 0.25) is 5.02 Å². The van der Waals surface area contributed by atoms with Gasteiger partial charge in [0.25, 0.3) is 0 Å². The van der Waals surface area contributed by atoms with Crippen molar-refractivity contribution in [1.29, 1.82) is 0 Å². The van der Waals surface area contributed by atoms with Crippen molar-refractivity contribution in [3.8, 4) is 0 Å². The first-order valence-corrected chi connectivity index (χ1v) is 4.63. The molecule has 0 atom stereocenters. The zero-order valence-electron chi connectivity index (χ0n) is 6.71. The molecule has 5 heteroatoms. The summed E-state index contributed by atoms with van der Waals surface area (Å²) in [4.78, 5) is 3.41. The van der Waals surface area contributed by atoms with Crippen molar-refractivity contribution in [3.05, 3.63) is 28.1 Å². The highest BCUT2D eigenvalue weighted by molar-refractivity contribution is 7.00. The van der Waals surface area contributed by atoms with Crippen molar-refractivity contribution in [2.75, 3.05) is 0 Å². The second-order valence-corrected chi connectivity index (χ2v) is 3.53. The van der Waals surface area contributed by atoms with E-state index in [1.807, 2.05) is 6.92 Å². The quantitative estimate of drug-likeness (QED) is 0.624. The van der Waals surface area contributed by atoms with Crippen molar-refractivity contribution in [2.45, 2.75) is 6.92 Å². The van der Waals surface area contributed by atoms with Gasteiger partial charge in [0.1, 0.15) is 11.0 Å². The first-order chi connectivity index (χ1) is 6.24. The number of hydrogen-bond acceptors (Lipinski definition) is 3. The number of hydrogen-bond donors (Lipinski definition) is 0. The predicted octanol–water partition coefficient (Wildman–Crippen LogP) is 3.20. The second kappa shape index (κ2) is 2.95. The molecule has 64 valence electrons. The molecule has 0 radical (unpaired) electrons. The molecule has 1 heterocycles. The maximum Gasteiger partial charge on any atom is 0.218 e. The van der Waals surface area contributed by atoms with E-state index in [1.165, 1.54) is 0 Å². The molecule has 0 spiro atoms. The van der Waals surface area contributed by atoms with Gasteiger partial charge >= 0.3 is 0 Å². The largest absolute Gasteiger partial charge is 0.235 e. The molecule has 0 N–H and O–H groups in total. The minimum Gasteiger partial charge on any atom is -0.235 e. The van der Waals surface area contributed by atoms with Gasteiger partial charge in [0.15, 0.2) is 0 Å². The summed E-state index contributed by atoms with van der Waals surface area (Å²) in [6, 6.07) is 1.75. The molecule has 2 rings (SSSR count). The third-order valence-corrected chi connectivity index (χ3v) is 2.58. The Balaban J connectivity index is 2.99. The highest BCUT2D eigenvalue weighted by Gasteiger charge is 2.11. The zero-order chi connectivity index (χ0) is 9.42. The molecule has 0 bridgehead atoms. The number of aryl methyl sites for hydroxylation is 1. The fourth-order valence-corrected chi connectivity index (χ4v) is 2.06. The van der Waals surface area contributed by atoms with Gasteiger partial charge in [0.05, 0.1) is 23.3 Å². The highest BCUT2D eigenvalue weighted by Crippen LogP contribution is 2.33. The molecule has 0 aliphatic rings. The predicted molar refractivity (Wildman–Crippen MR) is 53.4 cm³/mol. The molecule has 0 fully saturated rings. The topological polar surface area (TPSA) is 30.1 Å². The van der Waals surface area contributed by atoms with Gasteiger partial charge < -0.3 is 0 Å². The fourth-order valence-electron chi connectivity index (χ4n) is 1.16. The van der Waals surface area contributed by atoms with E-state index in [4.69, 9.17) is 18.2 Å². The standard InChI is InChI=1S/C8H4ClN3S/c1-4-3-5(9)7-8(6(4)10-2)12-13-11-7/h3H,1H3. The molecule has 1 aromatic heterocycles. The van der Waals surface area contributed by atoms with Crippen LogP contribution in [0.1, 0.15) is 5.56 Å². The fraction of sp³-hybridized carbons (Fsp3) is 0.125. The lowest BCUT2D eigenvalue weighted by Crippen LogP contribution is -1.78. The summed E-state index contributed by atoms with van der Waals surface area (Å²) in [5, 5.41) is 0.564. The molecule has 0 unspecified atom stereocenters. The summed E-state index contributed by atoms with van der Waals surface area (Å²) in [6.45, 7) is 8.84. The van der Waals surface area contributed by atoms with Gasteiger partial charge in [-0.05, 0) is 18.6 Å². The van der Waals surface area contributed by atoms with Gasteiger partial charge in [-0.25, -0.2) is 4.85 Å². The van der Waals surface area contributed by atoms with E-state index in [2.05, 4.69) is 13.6 Å². The Labute approximate surface area is 84.1 Å². The Morgan fingerprint density at radius 1 is 1.46 bits per heavy atom. The van der Waals surface area contributed by atoms with Crippen LogP contribution in [0.5, 0.6) is 0 Å². The van der Waals surface area contributed by atoms with Gasteiger partial charge in [0.2, 0.25) is 5.69 Å². The molecule has 0 amide bonds. The average Bonchev–Trinajstić information content (AvgIpc) is 2.53. The van der Waals surface area contributed by atoms with Crippen LogP contribution >= 0.6 is 23.3 Å². The minimum atomic E-state index is 0.549. The lowest BCUT2D eigenvalue weighted by atomic mass is 10.2. The summed E-state index contributed by atoms with van der Waals surface area (Å²) in [6.07, 6.45) is 0. The highest BCUT2D eigenvalue weighted by atomic mass is 35.5. The van der Waals surface area contributed by atoms with E-state index < -0.39 is 0 Å². The Hall–Kier alpha value is -1.18. The Kier molecular flexibility index (Phi) is 1.91. The van der Waals surface area contributed by atoms with Crippen LogP contribution in [0.4, 0.5) is 5.69 Å². The average molecular weight is 210 g/mol. The number of aromatic nitrogens is 2. The van der Waals surface area contributed by atoms with Gasteiger partial charge in [-0.2, -0.15) is 8.75 Å². The third kappa shape index (κ3) is 1.17. The first-order valence-electron chi connectivity index (χ1n) is 3.53. The van der Waals surface area contributed by atoms with Gasteiger partial charge in [-0.3, -0.25) is 0 Å². The SMILES string of the molecule is [C-]#[N+]c1c(C)cc(Cl)c2nsnc12. The van der Waals surface area contributed by atoms with E-state index in [0.717, 1.165) is 17.3 Å². The van der Waals surface area contributed by atoms with E-state index in [-0.39, 0.29) is 0 Å². The molecule has 0 saturated heterocycles. The lowest BCUT2D eigenvalue weighted by Gasteiger charge is -1.98. The van der Waals surface area contributed by atoms with Crippen LogP contribution < -0.4 is 0 Å². The normalized spacial score (nSPS) is 10.2. The molecule has 0 aliphatic heterocycles. The van der Waals surface area contributed by atoms with Crippen LogP contribution in [0.3, 0.4) is 0 Å². The van der Waals surface area contributed by atoms with Crippen LogP contribution in [-0.2, 0) is 0 Å². The molecule has 13 heavy (non-hydrogen) atoms. The number of rotatable bonds is 0. The van der Waals surface area contributed by atoms with Crippen LogP contribution in [0.25, 0.3) is 15.9 Å². The second-order valence-electron chi connectivity index (χ2n) is 2.60. The molecule has 0 aliphatic carbocycles. The van der Waals surface area contributed by atoms with E-state index in [0.29, 0.717) is 21.7 Å². The molecular formula is C8H4ClN3S. The monoisotopic (exact) mass is 209 g/mol. The van der Waals surface area contributed by atoms with Crippen LogP contribution in [0.15, 0.2) is 6.07 Å². The van der Waals surface area contributed by atoms with Crippen molar-refractivity contribution >= 4 is 40.0 Å². The third-order valence-electron chi connectivity index (χ3n) is 1.77. The zero-order valence-corrected chi connectivity index (χ0v) is 8.28. The lowest BCUT2D eigenvalue weighted by molar-refractivity contribution is 1.49. The van der Waals surface area contributed by atoms with Crippen LogP contribution in [-0.4, -0.2) is 8.75 Å². The van der Waals surface area contributed by atoms with E-state index >= 15 is 0 Å². The Bertz CT molecular complexity index is 512. The minimum absolute atomic E-state index is 0.549. The number of halogens is 1. The maximum atomic E-state index is 6.99. The van der Waals surface area contributed by atoms with Crippen LogP contribution in [0, 0.1) is 13.5 Å². The molecule has 2 aromatic rings. The Morgan fingerprint density at radius 2 is 2.15 bits per heavy atom. The molecule has 3 nitrogen and oxygen atoms in total. The summed E-state index contributed by atoms with van der Waals surface area (Å²) in [7, 11) is 0. The molecule has 1 aromatic carbocycles. The molecule has 0 saturated carbocycles. The summed E-state index contributed by atoms with van der Waals surface area (Å²) >= 11 is 7.01.